The lowest BCUT2D eigenvalue weighted by Gasteiger charge is -2.34. The zero-order valence-electron chi connectivity index (χ0n) is 39.8. The third-order valence-corrected chi connectivity index (χ3v) is 14.0. The maximum Gasteiger partial charge on any atom is 0.0713 e. The lowest BCUT2D eigenvalue weighted by atomic mass is 9.67. The Morgan fingerprint density at radius 2 is 1.04 bits per heavy atom. The standard InChI is InChI=1S/C37H29N.C32H26/c1-26-17-19-28(20-18-26)29-11-7-12-30(23-29)32-21-22-37-35(25-32)34-15-5-6-16-36(34)38(37)33-14-8-13-31(24-33)27-9-3-2-4-10-27;1-2-3-4-5-8-15-25-22-23-29-28-20-13-14-21-30(28)32(31(29)24-25,26-16-9-6-10-17-26)27-18-11-7-12-19-27/h2-4,6-14,16-25H,5,15H2,1H3;2-24H,1H3/b;3-2+,5-4-,15-8-. The molecule has 2 aliphatic carbocycles. The maximum atomic E-state index is 2.44. The summed E-state index contributed by atoms with van der Waals surface area (Å²) in [7, 11) is 0. The average Bonchev–Trinajstić information content (AvgIpc) is 3.92. The molecule has 0 unspecified atom stereocenters. The molecule has 0 amide bonds. The Kier molecular flexibility index (Phi) is 12.3. The van der Waals surface area contributed by atoms with E-state index in [1.165, 1.54) is 106 Å². The van der Waals surface area contributed by atoms with Gasteiger partial charge < -0.3 is 4.57 Å². The quantitative estimate of drug-likeness (QED) is 0.127. The number of rotatable bonds is 9. The molecule has 0 bridgehead atoms. The summed E-state index contributed by atoms with van der Waals surface area (Å²) in [5, 5.41) is 1.35. The highest BCUT2D eigenvalue weighted by atomic mass is 15.0. The van der Waals surface area contributed by atoms with E-state index in [-0.39, 0.29) is 5.41 Å². The Morgan fingerprint density at radius 3 is 1.79 bits per heavy atom. The maximum absolute atomic E-state index is 2.44. The summed E-state index contributed by atoms with van der Waals surface area (Å²) < 4.78 is 2.44. The minimum atomic E-state index is -0.334. The van der Waals surface area contributed by atoms with Crippen LogP contribution in [0.5, 0.6) is 0 Å². The zero-order chi connectivity index (χ0) is 47.3. The summed E-state index contributed by atoms with van der Waals surface area (Å²) in [6.07, 6.45) is 19.3. The van der Waals surface area contributed by atoms with Crippen LogP contribution in [0.3, 0.4) is 0 Å². The van der Waals surface area contributed by atoms with Gasteiger partial charge in [-0.05, 0) is 147 Å². The van der Waals surface area contributed by atoms with Crippen molar-refractivity contribution in [2.45, 2.75) is 32.1 Å². The molecule has 10 aromatic rings. The van der Waals surface area contributed by atoms with E-state index in [2.05, 4.69) is 272 Å². The second kappa shape index (κ2) is 19.6. The number of fused-ring (bicyclic) bond motifs is 6. The molecule has 0 radical (unpaired) electrons. The van der Waals surface area contributed by atoms with Crippen LogP contribution in [0.15, 0.2) is 261 Å². The number of hydrogen-bond acceptors (Lipinski definition) is 0. The fourth-order valence-electron chi connectivity index (χ4n) is 10.7. The van der Waals surface area contributed by atoms with Crippen molar-refractivity contribution in [1.82, 2.24) is 4.57 Å². The topological polar surface area (TPSA) is 4.93 Å². The molecule has 1 aromatic heterocycles. The average molecular weight is 898 g/mol. The van der Waals surface area contributed by atoms with E-state index in [0.29, 0.717) is 0 Å². The highest BCUT2D eigenvalue weighted by molar-refractivity contribution is 5.94. The van der Waals surface area contributed by atoms with Crippen molar-refractivity contribution < 1.29 is 0 Å². The molecule has 0 fully saturated rings. The van der Waals surface area contributed by atoms with Gasteiger partial charge in [0.2, 0.25) is 0 Å². The van der Waals surface area contributed by atoms with E-state index in [1.54, 1.807) is 0 Å². The van der Waals surface area contributed by atoms with Gasteiger partial charge >= 0.3 is 0 Å². The molecular formula is C69H55N. The molecule has 0 atom stereocenters. The van der Waals surface area contributed by atoms with E-state index in [9.17, 15) is 0 Å². The summed E-state index contributed by atoms with van der Waals surface area (Å²) in [6.45, 7) is 4.16. The summed E-state index contributed by atoms with van der Waals surface area (Å²) in [4.78, 5) is 0. The molecule has 336 valence electrons. The first kappa shape index (κ1) is 44.0. The fraction of sp³-hybridized carbons (Fsp3) is 0.0725. The molecule has 1 heterocycles. The van der Waals surface area contributed by atoms with Crippen LogP contribution in [0.2, 0.25) is 0 Å². The monoisotopic (exact) mass is 897 g/mol. The first-order valence-electron chi connectivity index (χ1n) is 24.6. The highest BCUT2D eigenvalue weighted by Crippen LogP contribution is 2.56. The molecule has 70 heavy (non-hydrogen) atoms. The molecule has 0 N–H and O–H groups in total. The van der Waals surface area contributed by atoms with Crippen molar-refractivity contribution in [2.75, 3.05) is 0 Å². The predicted molar refractivity (Wildman–Crippen MR) is 298 cm³/mol. The van der Waals surface area contributed by atoms with Gasteiger partial charge in [-0.25, -0.2) is 0 Å². The summed E-state index contributed by atoms with van der Waals surface area (Å²) >= 11 is 0. The first-order valence-corrected chi connectivity index (χ1v) is 24.6. The summed E-state index contributed by atoms with van der Waals surface area (Å²) in [5.74, 6) is 0. The second-order valence-electron chi connectivity index (χ2n) is 18.3. The Balaban J connectivity index is 0.000000155. The van der Waals surface area contributed by atoms with Crippen LogP contribution < -0.4 is 0 Å². The molecule has 12 rings (SSSR count). The van der Waals surface area contributed by atoms with Gasteiger partial charge in [0.15, 0.2) is 0 Å². The van der Waals surface area contributed by atoms with Gasteiger partial charge in [-0.15, -0.1) is 0 Å². The van der Waals surface area contributed by atoms with E-state index in [1.807, 2.05) is 19.1 Å². The van der Waals surface area contributed by atoms with Gasteiger partial charge in [0.1, 0.15) is 0 Å². The van der Waals surface area contributed by atoms with E-state index in [4.69, 9.17) is 0 Å². The Hall–Kier alpha value is -8.52. The normalized spacial score (nSPS) is 13.3. The minimum absolute atomic E-state index is 0.334. The third kappa shape index (κ3) is 8.31. The van der Waals surface area contributed by atoms with Crippen LogP contribution in [0.4, 0.5) is 0 Å². The number of aromatic nitrogens is 1. The van der Waals surface area contributed by atoms with Crippen LogP contribution in [-0.2, 0) is 11.8 Å². The van der Waals surface area contributed by atoms with Crippen LogP contribution >= 0.6 is 0 Å². The first-order chi connectivity index (χ1) is 34.6. The second-order valence-corrected chi connectivity index (χ2v) is 18.3. The van der Waals surface area contributed by atoms with Crippen molar-refractivity contribution in [3.05, 3.63) is 306 Å². The van der Waals surface area contributed by atoms with Crippen LogP contribution in [0, 0.1) is 6.92 Å². The van der Waals surface area contributed by atoms with E-state index in [0.717, 1.165) is 12.8 Å². The molecule has 1 heteroatoms. The summed E-state index contributed by atoms with van der Waals surface area (Å²) in [5.41, 5.74) is 22.8. The van der Waals surface area contributed by atoms with Gasteiger partial charge in [0.25, 0.3) is 0 Å². The molecule has 0 spiro atoms. The number of aryl methyl sites for hydroxylation is 2. The smallest absolute Gasteiger partial charge is 0.0713 e. The molecule has 2 aliphatic rings. The van der Waals surface area contributed by atoms with Crippen LogP contribution in [0.1, 0.15) is 58.0 Å². The molecule has 0 aliphatic heterocycles. The zero-order valence-corrected chi connectivity index (χ0v) is 39.8. The van der Waals surface area contributed by atoms with E-state index < -0.39 is 0 Å². The largest absolute Gasteiger partial charge is 0.310 e. The number of hydrogen-bond donors (Lipinski definition) is 0. The lowest BCUT2D eigenvalue weighted by Crippen LogP contribution is -2.28. The van der Waals surface area contributed by atoms with Crippen LogP contribution in [0.25, 0.3) is 73.2 Å². The summed E-state index contributed by atoms with van der Waals surface area (Å²) in [6, 6.07) is 81.9. The van der Waals surface area contributed by atoms with Crippen molar-refractivity contribution in [3.63, 3.8) is 0 Å². The lowest BCUT2D eigenvalue weighted by molar-refractivity contribution is 0.768. The predicted octanol–water partition coefficient (Wildman–Crippen LogP) is 18.1. The third-order valence-electron chi connectivity index (χ3n) is 14.0. The van der Waals surface area contributed by atoms with Gasteiger partial charge in [0, 0.05) is 16.8 Å². The SMILES string of the molecule is C/C=C/C=C\C=C/c1ccc2c(c1)C(c1ccccc1)(c1ccccc1)c1ccccc1-2.Cc1ccc(-c2cccc(-c3ccc4c(c3)c3c(n4-c4cccc(-c5ccccc5)c4)C=CCC3)c2)cc1. The molecule has 9 aromatic carbocycles. The minimum Gasteiger partial charge on any atom is -0.310 e. The van der Waals surface area contributed by atoms with Crippen molar-refractivity contribution in [2.24, 2.45) is 0 Å². The van der Waals surface area contributed by atoms with Gasteiger partial charge in [0.05, 0.1) is 10.9 Å². The van der Waals surface area contributed by atoms with Crippen molar-refractivity contribution >= 4 is 23.1 Å². The highest BCUT2D eigenvalue weighted by Gasteiger charge is 2.45. The fourth-order valence-corrected chi connectivity index (χ4v) is 10.7. The molecular weight excluding hydrogens is 843 g/mol. The van der Waals surface area contributed by atoms with Gasteiger partial charge in [-0.1, -0.05) is 236 Å². The van der Waals surface area contributed by atoms with E-state index >= 15 is 0 Å². The number of allylic oxidation sites excluding steroid dienone is 6. The number of nitrogens with zero attached hydrogens (tertiary/aromatic N) is 1. The molecule has 0 saturated heterocycles. The Morgan fingerprint density at radius 1 is 0.457 bits per heavy atom. The van der Waals surface area contributed by atoms with Gasteiger partial charge in [-0.3, -0.25) is 0 Å². The molecule has 0 saturated carbocycles. The van der Waals surface area contributed by atoms with Crippen molar-refractivity contribution in [1.29, 1.82) is 0 Å². The number of benzene rings is 9. The van der Waals surface area contributed by atoms with Crippen molar-refractivity contribution in [3.8, 4) is 50.2 Å². The molecule has 1 nitrogen and oxygen atoms in total. The Bertz CT molecular complexity index is 3540. The van der Waals surface area contributed by atoms with Crippen LogP contribution in [-0.4, -0.2) is 4.57 Å². The van der Waals surface area contributed by atoms with Gasteiger partial charge in [-0.2, -0.15) is 0 Å². The Labute approximate surface area is 413 Å².